The minimum Gasteiger partial charge on any atom is -0.486 e. The highest BCUT2D eigenvalue weighted by molar-refractivity contribution is 5.76. The molecule has 0 radical (unpaired) electrons. The smallest absolute Gasteiger partial charge is 0.307 e. The molecular formula is C32H30N2O5. The summed E-state index contributed by atoms with van der Waals surface area (Å²) in [6.45, 7) is 3.05. The number of hydrogen-bond donors (Lipinski definition) is 0. The fraction of sp³-hybridized carbons (Fsp3) is 0.344. The van der Waals surface area contributed by atoms with Crippen molar-refractivity contribution in [2.45, 2.75) is 50.7 Å². The van der Waals surface area contributed by atoms with Gasteiger partial charge in [0.2, 0.25) is 5.88 Å². The quantitative estimate of drug-likeness (QED) is 0.284. The van der Waals surface area contributed by atoms with E-state index < -0.39 is 0 Å². The second-order valence-electron chi connectivity index (χ2n) is 9.60. The summed E-state index contributed by atoms with van der Waals surface area (Å²) in [5, 5.41) is 9.86. The Morgan fingerprint density at radius 3 is 2.64 bits per heavy atom. The van der Waals surface area contributed by atoms with Crippen LogP contribution in [0.25, 0.3) is 11.1 Å². The van der Waals surface area contributed by atoms with Crippen LogP contribution in [0.4, 0.5) is 0 Å². The zero-order valence-electron chi connectivity index (χ0n) is 22.1. The van der Waals surface area contributed by atoms with E-state index in [1.807, 2.05) is 48.5 Å². The molecule has 5 rings (SSSR count). The third-order valence-corrected chi connectivity index (χ3v) is 7.15. The molecule has 2 aromatic carbocycles. The molecule has 2 heterocycles. The number of fused-ring (bicyclic) bond motifs is 1. The molecule has 1 aliphatic carbocycles. The molecule has 39 heavy (non-hydrogen) atoms. The van der Waals surface area contributed by atoms with Crippen LogP contribution in [0, 0.1) is 23.2 Å². The SMILES string of the molecule is CC#C[C@@H](CC(=O)OC)c1ccc(O[C@@H]2CCc3c2ccc(C#N)c3-c2ccc(O[C@@H]3CCOC3)nc2)cc1. The number of benzene rings is 2. The van der Waals surface area contributed by atoms with Crippen LogP contribution < -0.4 is 9.47 Å². The van der Waals surface area contributed by atoms with E-state index in [0.29, 0.717) is 24.7 Å². The zero-order valence-corrected chi connectivity index (χ0v) is 22.1. The van der Waals surface area contributed by atoms with Gasteiger partial charge in [-0.25, -0.2) is 4.98 Å². The number of pyridine rings is 1. The highest BCUT2D eigenvalue weighted by atomic mass is 16.5. The number of nitrogens with zero attached hydrogens (tertiary/aromatic N) is 2. The lowest BCUT2D eigenvalue weighted by Gasteiger charge is -2.17. The molecule has 0 unspecified atom stereocenters. The van der Waals surface area contributed by atoms with Gasteiger partial charge in [-0.3, -0.25) is 4.79 Å². The highest BCUT2D eigenvalue weighted by Gasteiger charge is 2.29. The number of hydrogen-bond acceptors (Lipinski definition) is 7. The maximum absolute atomic E-state index is 11.8. The molecule has 3 atom stereocenters. The van der Waals surface area contributed by atoms with Gasteiger partial charge in [0.25, 0.3) is 0 Å². The van der Waals surface area contributed by atoms with E-state index in [2.05, 4.69) is 22.9 Å². The van der Waals surface area contributed by atoms with Crippen LogP contribution in [0.2, 0.25) is 0 Å². The first-order valence-corrected chi connectivity index (χ1v) is 13.1. The summed E-state index contributed by atoms with van der Waals surface area (Å²) in [6.07, 6.45) is 4.35. The molecule has 0 amide bonds. The van der Waals surface area contributed by atoms with E-state index >= 15 is 0 Å². The van der Waals surface area contributed by atoms with E-state index in [9.17, 15) is 10.1 Å². The Labute approximate surface area is 228 Å². The molecule has 7 heteroatoms. The number of rotatable bonds is 8. The molecule has 198 valence electrons. The number of methoxy groups -OCH3 is 1. The van der Waals surface area contributed by atoms with E-state index in [-0.39, 0.29) is 30.5 Å². The molecule has 1 aliphatic heterocycles. The summed E-state index contributed by atoms with van der Waals surface area (Å²) < 4.78 is 22.5. The lowest BCUT2D eigenvalue weighted by atomic mass is 9.93. The Hall–Kier alpha value is -4.33. The molecule has 0 N–H and O–H groups in total. The zero-order chi connectivity index (χ0) is 27.2. The monoisotopic (exact) mass is 522 g/mol. The maximum Gasteiger partial charge on any atom is 0.307 e. The van der Waals surface area contributed by atoms with Crippen molar-refractivity contribution in [2.24, 2.45) is 0 Å². The van der Waals surface area contributed by atoms with Gasteiger partial charge in [0.1, 0.15) is 18.0 Å². The fourth-order valence-corrected chi connectivity index (χ4v) is 5.21. The van der Waals surface area contributed by atoms with Gasteiger partial charge in [0.05, 0.1) is 44.3 Å². The summed E-state index contributed by atoms with van der Waals surface area (Å²) in [5.41, 5.74) is 5.55. The lowest BCUT2D eigenvalue weighted by molar-refractivity contribution is -0.140. The van der Waals surface area contributed by atoms with Gasteiger partial charge in [-0.15, -0.1) is 5.92 Å². The second kappa shape index (κ2) is 12.0. The van der Waals surface area contributed by atoms with Gasteiger partial charge < -0.3 is 18.9 Å². The van der Waals surface area contributed by atoms with E-state index in [4.69, 9.17) is 18.9 Å². The van der Waals surface area contributed by atoms with Gasteiger partial charge in [-0.05, 0) is 60.7 Å². The molecule has 1 fully saturated rings. The minimum absolute atomic E-state index is 0.0317. The average Bonchev–Trinajstić information content (AvgIpc) is 3.63. The van der Waals surface area contributed by atoms with Crippen molar-refractivity contribution in [3.8, 4) is 40.7 Å². The maximum atomic E-state index is 11.8. The number of aromatic nitrogens is 1. The molecule has 0 bridgehead atoms. The molecule has 3 aromatic rings. The lowest BCUT2D eigenvalue weighted by Crippen LogP contribution is -2.16. The molecule has 0 saturated carbocycles. The van der Waals surface area contributed by atoms with E-state index in [0.717, 1.165) is 52.8 Å². The first-order chi connectivity index (χ1) is 19.1. The van der Waals surface area contributed by atoms with Gasteiger partial charge in [0, 0.05) is 29.8 Å². The third-order valence-electron chi connectivity index (χ3n) is 7.15. The first-order valence-electron chi connectivity index (χ1n) is 13.1. The van der Waals surface area contributed by atoms with Crippen LogP contribution in [0.3, 0.4) is 0 Å². The molecular weight excluding hydrogens is 492 g/mol. The summed E-state index contributed by atoms with van der Waals surface area (Å²) >= 11 is 0. The van der Waals surface area contributed by atoms with Crippen LogP contribution >= 0.6 is 0 Å². The Kier molecular flexibility index (Phi) is 8.10. The first kappa shape index (κ1) is 26.3. The van der Waals surface area contributed by atoms with Crippen molar-refractivity contribution in [1.82, 2.24) is 4.98 Å². The Balaban J connectivity index is 1.34. The standard InChI is InChI=1S/C32H30N2O5/c1-3-4-22(17-31(35)36-2)21-5-9-25(10-6-21)38-29-13-12-28-27(29)11-7-23(18-33)32(28)24-8-14-30(34-19-24)39-26-15-16-37-20-26/h5-11,14,19,22,26,29H,12-13,15-17,20H2,1-2H3/t22-,26+,29+/m0/s1. The summed E-state index contributed by atoms with van der Waals surface area (Å²) in [6, 6.07) is 17.7. The summed E-state index contributed by atoms with van der Waals surface area (Å²) in [7, 11) is 1.38. The highest BCUT2D eigenvalue weighted by Crippen LogP contribution is 2.42. The van der Waals surface area contributed by atoms with Crippen molar-refractivity contribution in [3.63, 3.8) is 0 Å². The fourth-order valence-electron chi connectivity index (χ4n) is 5.21. The van der Waals surface area contributed by atoms with E-state index in [1.165, 1.54) is 7.11 Å². The summed E-state index contributed by atoms with van der Waals surface area (Å²) in [4.78, 5) is 16.3. The van der Waals surface area contributed by atoms with Gasteiger partial charge in [-0.1, -0.05) is 24.1 Å². The number of nitriles is 1. The predicted molar refractivity (Wildman–Crippen MR) is 145 cm³/mol. The number of carbonyl (C=O) groups is 1. The van der Waals surface area contributed by atoms with Gasteiger partial charge >= 0.3 is 5.97 Å². The minimum atomic E-state index is -0.293. The molecule has 7 nitrogen and oxygen atoms in total. The van der Waals surface area contributed by atoms with Crippen molar-refractivity contribution in [1.29, 1.82) is 5.26 Å². The third kappa shape index (κ3) is 5.90. The average molecular weight is 523 g/mol. The van der Waals surface area contributed by atoms with Crippen molar-refractivity contribution in [3.05, 3.63) is 77.0 Å². The van der Waals surface area contributed by atoms with Crippen LogP contribution in [0.1, 0.15) is 60.5 Å². The van der Waals surface area contributed by atoms with Crippen molar-refractivity contribution >= 4 is 5.97 Å². The normalized spacial score (nSPS) is 18.3. The second-order valence-corrected chi connectivity index (χ2v) is 9.60. The van der Waals surface area contributed by atoms with Crippen LogP contribution in [-0.2, 0) is 20.7 Å². The number of ether oxygens (including phenoxy) is 4. The number of esters is 1. The predicted octanol–water partition coefficient (Wildman–Crippen LogP) is 5.52. The molecule has 1 saturated heterocycles. The van der Waals surface area contributed by atoms with Gasteiger partial charge in [0.15, 0.2) is 0 Å². The van der Waals surface area contributed by atoms with Crippen LogP contribution in [0.5, 0.6) is 11.6 Å². The number of carbonyl (C=O) groups excluding carboxylic acids is 1. The topological polar surface area (TPSA) is 90.7 Å². The van der Waals surface area contributed by atoms with Crippen LogP contribution in [0.15, 0.2) is 54.7 Å². The molecule has 2 aliphatic rings. The largest absolute Gasteiger partial charge is 0.486 e. The van der Waals surface area contributed by atoms with Gasteiger partial charge in [-0.2, -0.15) is 5.26 Å². The molecule has 0 spiro atoms. The Bertz CT molecular complexity index is 1420. The van der Waals surface area contributed by atoms with Crippen molar-refractivity contribution in [2.75, 3.05) is 20.3 Å². The summed E-state index contributed by atoms with van der Waals surface area (Å²) in [5.74, 6) is 6.76. The van der Waals surface area contributed by atoms with E-state index in [1.54, 1.807) is 13.1 Å². The van der Waals surface area contributed by atoms with Crippen molar-refractivity contribution < 1.29 is 23.7 Å². The Morgan fingerprint density at radius 1 is 1.13 bits per heavy atom. The Morgan fingerprint density at radius 2 is 1.97 bits per heavy atom. The molecule has 1 aromatic heterocycles. The van der Waals surface area contributed by atoms with Crippen LogP contribution in [-0.4, -0.2) is 37.4 Å².